The molecule has 2 rings (SSSR count). The highest BCUT2D eigenvalue weighted by atomic mass is 127. The van der Waals surface area contributed by atoms with Gasteiger partial charge in [-0.3, -0.25) is 4.79 Å². The Bertz CT molecular complexity index is 693. The minimum Gasteiger partial charge on any atom is -0.497 e. The second-order valence-corrected chi connectivity index (χ2v) is 8.33. The first-order chi connectivity index (χ1) is 15.0. The van der Waals surface area contributed by atoms with Gasteiger partial charge < -0.3 is 25.0 Å². The van der Waals surface area contributed by atoms with Crippen LogP contribution in [0.3, 0.4) is 0 Å². The summed E-state index contributed by atoms with van der Waals surface area (Å²) in [5.74, 6) is 2.12. The van der Waals surface area contributed by atoms with Gasteiger partial charge in [-0.2, -0.15) is 0 Å². The minimum absolute atomic E-state index is 0. The van der Waals surface area contributed by atoms with Gasteiger partial charge in [0.25, 0.3) is 0 Å². The number of halogens is 1. The molecule has 0 saturated carbocycles. The summed E-state index contributed by atoms with van der Waals surface area (Å²) in [6.45, 7) is 6.08. The summed E-state index contributed by atoms with van der Waals surface area (Å²) in [5.41, 5.74) is 1.22. The Kier molecular flexibility index (Phi) is 13.6. The molecule has 0 aromatic heterocycles. The van der Waals surface area contributed by atoms with Crippen LogP contribution < -0.4 is 15.4 Å². The van der Waals surface area contributed by atoms with Gasteiger partial charge in [0, 0.05) is 33.3 Å². The van der Waals surface area contributed by atoms with Crippen molar-refractivity contribution in [2.45, 2.75) is 58.1 Å². The number of carbonyl (C=O) groups excluding carboxylic acids is 1. The van der Waals surface area contributed by atoms with Gasteiger partial charge in [0.1, 0.15) is 12.3 Å². The van der Waals surface area contributed by atoms with E-state index in [2.05, 4.69) is 41.6 Å². The van der Waals surface area contributed by atoms with Crippen molar-refractivity contribution >= 4 is 35.8 Å². The SMILES string of the molecule is CCC(CC)C1CC(NC(=NCC(=O)N(C)C)NCCc2ccc(OC)cc2)CCO1.I. The molecule has 8 heteroatoms. The number of likely N-dealkylation sites (N-methyl/N-ethyl adjacent to an activating group) is 1. The summed E-state index contributed by atoms with van der Waals surface area (Å²) < 4.78 is 11.3. The molecule has 0 radical (unpaired) electrons. The predicted octanol–water partition coefficient (Wildman–Crippen LogP) is 3.46. The van der Waals surface area contributed by atoms with Crippen LogP contribution in [0, 0.1) is 5.92 Å². The summed E-state index contributed by atoms with van der Waals surface area (Å²) in [5, 5.41) is 6.96. The molecule has 0 aliphatic carbocycles. The number of nitrogens with one attached hydrogen (secondary N) is 2. The lowest BCUT2D eigenvalue weighted by atomic mass is 9.89. The van der Waals surface area contributed by atoms with Gasteiger partial charge in [-0.25, -0.2) is 4.99 Å². The third-order valence-corrected chi connectivity index (χ3v) is 5.97. The lowest BCUT2D eigenvalue weighted by Crippen LogP contribution is -2.49. The standard InChI is InChI=1S/C24H40N4O3.HI/c1-6-19(7-2)22-16-20(13-15-31-22)27-24(26-17-23(29)28(3)4)25-14-12-18-8-10-21(30-5)11-9-18;/h8-11,19-20,22H,6-7,12-17H2,1-5H3,(H2,25,26,27);1H. The maximum Gasteiger partial charge on any atom is 0.243 e. The molecular formula is C24H41IN4O3. The van der Waals surface area contributed by atoms with E-state index in [1.807, 2.05) is 12.1 Å². The number of nitrogens with zero attached hydrogens (tertiary/aromatic N) is 2. The van der Waals surface area contributed by atoms with Gasteiger partial charge in [0.05, 0.1) is 13.2 Å². The van der Waals surface area contributed by atoms with Crippen molar-refractivity contribution in [3.8, 4) is 5.75 Å². The summed E-state index contributed by atoms with van der Waals surface area (Å²) in [6.07, 6.45) is 5.31. The molecule has 1 amide bonds. The summed E-state index contributed by atoms with van der Waals surface area (Å²) in [7, 11) is 5.17. The van der Waals surface area contributed by atoms with Crippen LogP contribution in [0.25, 0.3) is 0 Å². The second-order valence-electron chi connectivity index (χ2n) is 8.33. The molecule has 182 valence electrons. The van der Waals surface area contributed by atoms with Crippen LogP contribution in [0.1, 0.15) is 45.1 Å². The van der Waals surface area contributed by atoms with Crippen LogP contribution in [-0.4, -0.2) is 69.8 Å². The van der Waals surface area contributed by atoms with Crippen molar-refractivity contribution in [2.24, 2.45) is 10.9 Å². The van der Waals surface area contributed by atoms with Crippen LogP contribution in [0.4, 0.5) is 0 Å². The number of carbonyl (C=O) groups is 1. The zero-order valence-electron chi connectivity index (χ0n) is 20.2. The molecule has 0 bridgehead atoms. The Labute approximate surface area is 210 Å². The van der Waals surface area contributed by atoms with Crippen LogP contribution in [-0.2, 0) is 16.0 Å². The first-order valence-corrected chi connectivity index (χ1v) is 11.5. The Morgan fingerprint density at radius 2 is 1.94 bits per heavy atom. The Hall–Kier alpha value is -1.55. The molecule has 32 heavy (non-hydrogen) atoms. The largest absolute Gasteiger partial charge is 0.497 e. The maximum atomic E-state index is 12.0. The van der Waals surface area contributed by atoms with E-state index in [1.165, 1.54) is 5.56 Å². The van der Waals surface area contributed by atoms with Crippen molar-refractivity contribution in [1.82, 2.24) is 15.5 Å². The zero-order valence-corrected chi connectivity index (χ0v) is 22.6. The molecule has 1 heterocycles. The number of benzene rings is 1. The van der Waals surface area contributed by atoms with E-state index < -0.39 is 0 Å². The predicted molar refractivity (Wildman–Crippen MR) is 141 cm³/mol. The van der Waals surface area contributed by atoms with E-state index in [0.29, 0.717) is 17.9 Å². The highest BCUT2D eigenvalue weighted by molar-refractivity contribution is 14.0. The highest BCUT2D eigenvalue weighted by Crippen LogP contribution is 2.25. The van der Waals surface area contributed by atoms with E-state index in [4.69, 9.17) is 9.47 Å². The highest BCUT2D eigenvalue weighted by Gasteiger charge is 2.28. The maximum absolute atomic E-state index is 12.0. The van der Waals surface area contributed by atoms with Gasteiger partial charge >= 0.3 is 0 Å². The fourth-order valence-corrected chi connectivity index (χ4v) is 3.85. The Balaban J connectivity index is 0.00000512. The average molecular weight is 561 g/mol. The number of rotatable bonds is 10. The molecule has 0 spiro atoms. The fourth-order valence-electron chi connectivity index (χ4n) is 3.85. The molecule has 1 aromatic carbocycles. The lowest BCUT2D eigenvalue weighted by molar-refractivity contribution is -0.127. The zero-order chi connectivity index (χ0) is 22.6. The Morgan fingerprint density at radius 3 is 2.53 bits per heavy atom. The van der Waals surface area contributed by atoms with E-state index in [-0.39, 0.29) is 42.5 Å². The van der Waals surface area contributed by atoms with Gasteiger partial charge in [0.15, 0.2) is 5.96 Å². The molecule has 1 aromatic rings. The molecule has 1 aliphatic heterocycles. The second kappa shape index (κ2) is 15.3. The van der Waals surface area contributed by atoms with Crippen LogP contribution >= 0.6 is 24.0 Å². The quantitative estimate of drug-likeness (QED) is 0.261. The number of hydrogen-bond acceptors (Lipinski definition) is 4. The number of hydrogen-bond donors (Lipinski definition) is 2. The number of aliphatic imine (C=N–C) groups is 1. The molecule has 7 nitrogen and oxygen atoms in total. The van der Waals surface area contributed by atoms with Crippen molar-refractivity contribution in [2.75, 3.05) is 40.9 Å². The van der Waals surface area contributed by atoms with Gasteiger partial charge in [-0.05, 0) is 42.9 Å². The third-order valence-electron chi connectivity index (χ3n) is 5.97. The van der Waals surface area contributed by atoms with Crippen molar-refractivity contribution in [3.05, 3.63) is 29.8 Å². The Morgan fingerprint density at radius 1 is 1.25 bits per heavy atom. The first kappa shape index (κ1) is 28.5. The summed E-state index contributed by atoms with van der Waals surface area (Å²) >= 11 is 0. The van der Waals surface area contributed by atoms with Crippen LogP contribution in [0.2, 0.25) is 0 Å². The van der Waals surface area contributed by atoms with Gasteiger partial charge in [-0.1, -0.05) is 38.8 Å². The lowest BCUT2D eigenvalue weighted by Gasteiger charge is -2.35. The number of methoxy groups -OCH3 is 1. The third kappa shape index (κ3) is 9.52. The van der Waals surface area contributed by atoms with Crippen molar-refractivity contribution in [3.63, 3.8) is 0 Å². The van der Waals surface area contributed by atoms with Gasteiger partial charge in [0.2, 0.25) is 5.91 Å². The topological polar surface area (TPSA) is 75.2 Å². The minimum atomic E-state index is -0.0156. The van der Waals surface area contributed by atoms with Crippen molar-refractivity contribution in [1.29, 1.82) is 0 Å². The summed E-state index contributed by atoms with van der Waals surface area (Å²) in [6, 6.07) is 8.37. The van der Waals surface area contributed by atoms with Crippen LogP contribution in [0.5, 0.6) is 5.75 Å². The number of ether oxygens (including phenoxy) is 2. The van der Waals surface area contributed by atoms with E-state index in [0.717, 1.165) is 51.0 Å². The molecule has 1 fully saturated rings. The molecule has 2 unspecified atom stereocenters. The van der Waals surface area contributed by atoms with Gasteiger partial charge in [-0.15, -0.1) is 24.0 Å². The molecule has 1 aliphatic rings. The smallest absolute Gasteiger partial charge is 0.243 e. The normalized spacial score (nSPS) is 18.6. The van der Waals surface area contributed by atoms with E-state index in [9.17, 15) is 4.79 Å². The van der Waals surface area contributed by atoms with Crippen molar-refractivity contribution < 1.29 is 14.3 Å². The van der Waals surface area contributed by atoms with E-state index in [1.54, 1.807) is 26.1 Å². The molecule has 2 N–H and O–H groups in total. The fraction of sp³-hybridized carbons (Fsp3) is 0.667. The number of guanidine groups is 1. The first-order valence-electron chi connectivity index (χ1n) is 11.5. The average Bonchev–Trinajstić information content (AvgIpc) is 2.78. The molecule has 2 atom stereocenters. The van der Waals surface area contributed by atoms with E-state index >= 15 is 0 Å². The summed E-state index contributed by atoms with van der Waals surface area (Å²) in [4.78, 5) is 18.2. The number of amides is 1. The molecule has 1 saturated heterocycles. The monoisotopic (exact) mass is 560 g/mol. The molecular weight excluding hydrogens is 519 g/mol. The van der Waals surface area contributed by atoms with Crippen LogP contribution in [0.15, 0.2) is 29.3 Å².